The van der Waals surface area contributed by atoms with Crippen molar-refractivity contribution in [3.05, 3.63) is 72.4 Å². The van der Waals surface area contributed by atoms with E-state index < -0.39 is 0 Å². The highest BCUT2D eigenvalue weighted by molar-refractivity contribution is 5.84. The second-order valence-electron chi connectivity index (χ2n) is 4.60. The first-order valence-corrected chi connectivity index (χ1v) is 6.34. The maximum Gasteiger partial charge on any atom is 0.143 e. The summed E-state index contributed by atoms with van der Waals surface area (Å²) in [5, 5.41) is 0. The molecular weight excluding hydrogens is 220 g/mol. The molecule has 0 fully saturated rings. The van der Waals surface area contributed by atoms with Crippen molar-refractivity contribution in [2.24, 2.45) is 5.92 Å². The second kappa shape index (κ2) is 6.15. The lowest BCUT2D eigenvalue weighted by Gasteiger charge is -2.14. The molecule has 1 atom stereocenters. The van der Waals surface area contributed by atoms with Gasteiger partial charge in [-0.15, -0.1) is 6.58 Å². The van der Waals surface area contributed by atoms with Crippen molar-refractivity contribution < 1.29 is 4.79 Å². The van der Waals surface area contributed by atoms with E-state index in [1.807, 2.05) is 12.1 Å². The summed E-state index contributed by atoms with van der Waals surface area (Å²) in [7, 11) is 0. The number of allylic oxidation sites excluding steroid dienone is 5. The van der Waals surface area contributed by atoms with Gasteiger partial charge in [-0.2, -0.15) is 0 Å². The van der Waals surface area contributed by atoms with E-state index in [-0.39, 0.29) is 11.7 Å². The van der Waals surface area contributed by atoms with E-state index in [9.17, 15) is 4.79 Å². The second-order valence-corrected chi connectivity index (χ2v) is 4.60. The highest BCUT2D eigenvalue weighted by atomic mass is 16.1. The van der Waals surface area contributed by atoms with Crippen molar-refractivity contribution in [1.82, 2.24) is 0 Å². The van der Waals surface area contributed by atoms with Gasteiger partial charge in [0, 0.05) is 12.3 Å². The molecule has 1 nitrogen and oxygen atoms in total. The van der Waals surface area contributed by atoms with Gasteiger partial charge in [0.15, 0.2) is 0 Å². The summed E-state index contributed by atoms with van der Waals surface area (Å²) in [6.45, 7) is 3.61. The number of carbonyl (C=O) groups excluding carboxylic acids is 1. The van der Waals surface area contributed by atoms with Gasteiger partial charge in [0.1, 0.15) is 5.78 Å². The lowest BCUT2D eigenvalue weighted by Crippen LogP contribution is -2.12. The Labute approximate surface area is 109 Å². The first kappa shape index (κ1) is 12.6. The normalized spacial score (nSPS) is 18.2. The monoisotopic (exact) mass is 238 g/mol. The SMILES string of the molecule is C=CCC(=O)C1C=CC(Cc2ccccc2)=CC1. The summed E-state index contributed by atoms with van der Waals surface area (Å²) in [6, 6.07) is 10.4. The average molecular weight is 238 g/mol. The molecule has 2 rings (SSSR count). The predicted octanol–water partition coefficient (Wildman–Crippen LogP) is 3.88. The van der Waals surface area contributed by atoms with Gasteiger partial charge >= 0.3 is 0 Å². The zero-order valence-corrected chi connectivity index (χ0v) is 10.5. The first-order chi connectivity index (χ1) is 8.79. The van der Waals surface area contributed by atoms with Crippen LogP contribution in [0, 0.1) is 5.92 Å². The van der Waals surface area contributed by atoms with Crippen molar-refractivity contribution in [3.63, 3.8) is 0 Å². The van der Waals surface area contributed by atoms with Crippen LogP contribution in [0.3, 0.4) is 0 Å². The number of Topliss-reactive ketones (excluding diaryl/α,β-unsaturated/α-hetero) is 1. The summed E-state index contributed by atoms with van der Waals surface area (Å²) in [4.78, 5) is 11.7. The summed E-state index contributed by atoms with van der Waals surface area (Å²) in [5.41, 5.74) is 2.60. The van der Waals surface area contributed by atoms with E-state index in [1.54, 1.807) is 6.08 Å². The Hall–Kier alpha value is -1.89. The van der Waals surface area contributed by atoms with Crippen molar-refractivity contribution in [3.8, 4) is 0 Å². The van der Waals surface area contributed by atoms with E-state index in [1.165, 1.54) is 11.1 Å². The van der Waals surface area contributed by atoms with Crippen LogP contribution < -0.4 is 0 Å². The van der Waals surface area contributed by atoms with Crippen molar-refractivity contribution in [1.29, 1.82) is 0 Å². The van der Waals surface area contributed by atoms with Crippen LogP contribution in [0.2, 0.25) is 0 Å². The molecule has 1 heteroatoms. The van der Waals surface area contributed by atoms with Crippen LogP contribution in [0.5, 0.6) is 0 Å². The van der Waals surface area contributed by atoms with Gasteiger partial charge in [-0.3, -0.25) is 4.79 Å². The Morgan fingerprint density at radius 1 is 1.33 bits per heavy atom. The molecule has 0 aromatic heterocycles. The minimum absolute atomic E-state index is 0.0440. The Morgan fingerprint density at radius 3 is 2.72 bits per heavy atom. The molecule has 0 radical (unpaired) electrons. The summed E-state index contributed by atoms with van der Waals surface area (Å²) in [5.74, 6) is 0.304. The number of hydrogen-bond donors (Lipinski definition) is 0. The van der Waals surface area contributed by atoms with Gasteiger partial charge in [-0.05, 0) is 24.0 Å². The fourth-order valence-electron chi connectivity index (χ4n) is 2.16. The molecule has 0 N–H and O–H groups in total. The molecule has 0 amide bonds. The van der Waals surface area contributed by atoms with Gasteiger partial charge in [-0.25, -0.2) is 0 Å². The largest absolute Gasteiger partial charge is 0.299 e. The highest BCUT2D eigenvalue weighted by Gasteiger charge is 2.15. The summed E-state index contributed by atoms with van der Waals surface area (Å²) >= 11 is 0. The number of rotatable bonds is 5. The van der Waals surface area contributed by atoms with E-state index in [2.05, 4.69) is 43.0 Å². The third kappa shape index (κ3) is 3.30. The maximum absolute atomic E-state index is 11.7. The highest BCUT2D eigenvalue weighted by Crippen LogP contribution is 2.21. The van der Waals surface area contributed by atoms with Crippen LogP contribution in [0.15, 0.2) is 66.8 Å². The van der Waals surface area contributed by atoms with E-state index >= 15 is 0 Å². The van der Waals surface area contributed by atoms with E-state index in [4.69, 9.17) is 0 Å². The summed E-state index contributed by atoms with van der Waals surface area (Å²) < 4.78 is 0. The van der Waals surface area contributed by atoms with Gasteiger partial charge < -0.3 is 0 Å². The zero-order valence-electron chi connectivity index (χ0n) is 10.5. The predicted molar refractivity (Wildman–Crippen MR) is 75.3 cm³/mol. The number of carbonyl (C=O) groups is 1. The molecule has 0 bridgehead atoms. The molecule has 1 unspecified atom stereocenters. The third-order valence-electron chi connectivity index (χ3n) is 3.19. The molecule has 1 aromatic carbocycles. The van der Waals surface area contributed by atoms with E-state index in [0.29, 0.717) is 6.42 Å². The lowest BCUT2D eigenvalue weighted by molar-refractivity contribution is -0.120. The van der Waals surface area contributed by atoms with Crippen molar-refractivity contribution in [2.75, 3.05) is 0 Å². The van der Waals surface area contributed by atoms with Crippen LogP contribution in [-0.2, 0) is 11.2 Å². The van der Waals surface area contributed by atoms with Crippen LogP contribution in [0.1, 0.15) is 18.4 Å². The molecule has 0 saturated heterocycles. The Morgan fingerprint density at radius 2 is 2.11 bits per heavy atom. The molecule has 0 aliphatic heterocycles. The van der Waals surface area contributed by atoms with Gasteiger partial charge in [0.2, 0.25) is 0 Å². The van der Waals surface area contributed by atoms with Gasteiger partial charge in [-0.1, -0.05) is 54.6 Å². The van der Waals surface area contributed by atoms with Gasteiger partial charge in [0.05, 0.1) is 0 Å². The molecule has 1 aromatic rings. The fourth-order valence-corrected chi connectivity index (χ4v) is 2.16. The summed E-state index contributed by atoms with van der Waals surface area (Å²) in [6.07, 6.45) is 10.2. The number of benzene rings is 1. The van der Waals surface area contributed by atoms with Crippen molar-refractivity contribution in [2.45, 2.75) is 19.3 Å². The molecule has 0 saturated carbocycles. The smallest absolute Gasteiger partial charge is 0.143 e. The molecular formula is C17H18O. The molecule has 92 valence electrons. The topological polar surface area (TPSA) is 17.1 Å². The number of hydrogen-bond acceptors (Lipinski definition) is 1. The van der Waals surface area contributed by atoms with Crippen LogP contribution >= 0.6 is 0 Å². The molecule has 1 aliphatic rings. The standard InChI is InChI=1S/C17H18O/c1-2-6-17(18)16-11-9-15(10-12-16)13-14-7-4-3-5-8-14/h2-5,7-11,16H,1,6,12-13H2. The van der Waals surface area contributed by atoms with Crippen LogP contribution in [0.25, 0.3) is 0 Å². The quantitative estimate of drug-likeness (QED) is 0.711. The average Bonchev–Trinajstić information content (AvgIpc) is 2.41. The zero-order chi connectivity index (χ0) is 12.8. The molecule has 0 spiro atoms. The molecule has 1 aliphatic carbocycles. The Balaban J connectivity index is 1.94. The fraction of sp³-hybridized carbons (Fsp3) is 0.235. The van der Waals surface area contributed by atoms with Crippen molar-refractivity contribution >= 4 is 5.78 Å². The van der Waals surface area contributed by atoms with Crippen LogP contribution in [0.4, 0.5) is 0 Å². The minimum Gasteiger partial charge on any atom is -0.299 e. The van der Waals surface area contributed by atoms with E-state index in [0.717, 1.165) is 12.8 Å². The maximum atomic E-state index is 11.7. The molecule has 0 heterocycles. The Kier molecular flexibility index (Phi) is 4.30. The third-order valence-corrected chi connectivity index (χ3v) is 3.19. The molecule has 18 heavy (non-hydrogen) atoms. The van der Waals surface area contributed by atoms with Gasteiger partial charge in [0.25, 0.3) is 0 Å². The first-order valence-electron chi connectivity index (χ1n) is 6.34. The number of ketones is 1. The minimum atomic E-state index is 0.0440. The van der Waals surface area contributed by atoms with Crippen LogP contribution in [-0.4, -0.2) is 5.78 Å². The Bertz CT molecular complexity index is 480. The lowest BCUT2D eigenvalue weighted by atomic mass is 9.90.